The highest BCUT2D eigenvalue weighted by molar-refractivity contribution is 5.66. The number of aryl methyl sites for hydroxylation is 1. The zero-order chi connectivity index (χ0) is 15.4. The van der Waals surface area contributed by atoms with Crippen LogP contribution in [-0.2, 0) is 17.8 Å². The van der Waals surface area contributed by atoms with Crippen LogP contribution in [0.15, 0.2) is 42.5 Å². The van der Waals surface area contributed by atoms with Crippen molar-refractivity contribution in [1.82, 2.24) is 19.8 Å². The van der Waals surface area contributed by atoms with E-state index >= 15 is 0 Å². The maximum Gasteiger partial charge on any atom is 0.303 e. The molecule has 7 nitrogen and oxygen atoms in total. The number of carbonyl (C=O) groups is 1. The second-order valence-electron chi connectivity index (χ2n) is 4.84. The molecule has 0 aliphatic carbocycles. The Morgan fingerprint density at radius 2 is 1.95 bits per heavy atom. The Bertz CT molecular complexity index is 785. The van der Waals surface area contributed by atoms with Gasteiger partial charge in [-0.1, -0.05) is 30.3 Å². The molecule has 7 heteroatoms. The Labute approximate surface area is 126 Å². The van der Waals surface area contributed by atoms with Gasteiger partial charge < -0.3 is 10.4 Å². The SMILES string of the molecule is O=C(O)CCc1nnc2ccc(NCc3ccccc3)nn12. The van der Waals surface area contributed by atoms with E-state index in [1.54, 1.807) is 10.6 Å². The number of anilines is 1. The zero-order valence-electron chi connectivity index (χ0n) is 11.8. The van der Waals surface area contributed by atoms with Crippen molar-refractivity contribution in [2.45, 2.75) is 19.4 Å². The summed E-state index contributed by atoms with van der Waals surface area (Å²) in [5.74, 6) is 0.364. The van der Waals surface area contributed by atoms with Crippen LogP contribution in [0.3, 0.4) is 0 Å². The summed E-state index contributed by atoms with van der Waals surface area (Å²) in [5.41, 5.74) is 1.75. The van der Waals surface area contributed by atoms with Gasteiger partial charge >= 0.3 is 5.97 Å². The predicted molar refractivity (Wildman–Crippen MR) is 80.5 cm³/mol. The fraction of sp³-hybridized carbons (Fsp3) is 0.200. The van der Waals surface area contributed by atoms with Crippen molar-refractivity contribution in [1.29, 1.82) is 0 Å². The summed E-state index contributed by atoms with van der Waals surface area (Å²) in [5, 5.41) is 24.4. The normalized spacial score (nSPS) is 10.7. The lowest BCUT2D eigenvalue weighted by Crippen LogP contribution is -2.07. The van der Waals surface area contributed by atoms with Crippen molar-refractivity contribution >= 4 is 17.4 Å². The number of rotatable bonds is 6. The van der Waals surface area contributed by atoms with E-state index in [2.05, 4.69) is 20.6 Å². The number of hydrogen-bond donors (Lipinski definition) is 2. The molecule has 0 amide bonds. The number of benzene rings is 1. The van der Waals surface area contributed by atoms with Gasteiger partial charge in [-0.05, 0) is 17.7 Å². The van der Waals surface area contributed by atoms with Crippen molar-refractivity contribution < 1.29 is 9.90 Å². The van der Waals surface area contributed by atoms with Gasteiger partial charge in [0.15, 0.2) is 11.5 Å². The number of hydrogen-bond acceptors (Lipinski definition) is 5. The Kier molecular flexibility index (Phi) is 3.95. The lowest BCUT2D eigenvalue weighted by atomic mass is 10.2. The van der Waals surface area contributed by atoms with Crippen molar-refractivity contribution in [3.05, 3.63) is 53.9 Å². The molecule has 0 atom stereocenters. The minimum absolute atomic E-state index is 0.00411. The van der Waals surface area contributed by atoms with Gasteiger partial charge in [-0.3, -0.25) is 4.79 Å². The lowest BCUT2D eigenvalue weighted by Gasteiger charge is -2.06. The van der Waals surface area contributed by atoms with E-state index in [4.69, 9.17) is 5.11 Å². The first-order valence-corrected chi connectivity index (χ1v) is 6.93. The molecular weight excluding hydrogens is 282 g/mol. The number of aliphatic carboxylic acids is 1. The zero-order valence-corrected chi connectivity index (χ0v) is 11.8. The summed E-state index contributed by atoms with van der Waals surface area (Å²) < 4.78 is 1.58. The van der Waals surface area contributed by atoms with Crippen molar-refractivity contribution in [3.8, 4) is 0 Å². The topological polar surface area (TPSA) is 92.4 Å². The maximum atomic E-state index is 10.7. The molecule has 0 fully saturated rings. The molecule has 22 heavy (non-hydrogen) atoms. The molecule has 0 saturated heterocycles. The lowest BCUT2D eigenvalue weighted by molar-refractivity contribution is -0.137. The minimum atomic E-state index is -0.866. The summed E-state index contributed by atoms with van der Waals surface area (Å²) in [6.07, 6.45) is 0.301. The molecule has 0 saturated carbocycles. The van der Waals surface area contributed by atoms with Crippen LogP contribution in [-0.4, -0.2) is 30.9 Å². The van der Waals surface area contributed by atoms with Crippen LogP contribution in [0, 0.1) is 0 Å². The number of fused-ring (bicyclic) bond motifs is 1. The average molecular weight is 297 g/mol. The summed E-state index contributed by atoms with van der Waals surface area (Å²) in [6.45, 7) is 0.659. The second kappa shape index (κ2) is 6.21. The third-order valence-electron chi connectivity index (χ3n) is 3.21. The van der Waals surface area contributed by atoms with Crippen molar-refractivity contribution in [2.24, 2.45) is 0 Å². The molecular formula is C15H15N5O2. The van der Waals surface area contributed by atoms with Crippen molar-refractivity contribution in [2.75, 3.05) is 5.32 Å². The molecule has 0 spiro atoms. The maximum absolute atomic E-state index is 10.7. The van der Waals surface area contributed by atoms with Crippen LogP contribution in [0.5, 0.6) is 0 Å². The Morgan fingerprint density at radius 1 is 1.14 bits per heavy atom. The van der Waals surface area contributed by atoms with Gasteiger partial charge in [-0.2, -0.15) is 4.52 Å². The minimum Gasteiger partial charge on any atom is -0.481 e. The van der Waals surface area contributed by atoms with E-state index in [-0.39, 0.29) is 6.42 Å². The molecule has 0 bridgehead atoms. The fourth-order valence-electron chi connectivity index (χ4n) is 2.09. The van der Waals surface area contributed by atoms with Crippen molar-refractivity contribution in [3.63, 3.8) is 0 Å². The highest BCUT2D eigenvalue weighted by atomic mass is 16.4. The van der Waals surface area contributed by atoms with Gasteiger partial charge in [0.2, 0.25) is 0 Å². The van der Waals surface area contributed by atoms with Gasteiger partial charge in [-0.15, -0.1) is 15.3 Å². The highest BCUT2D eigenvalue weighted by Gasteiger charge is 2.09. The molecule has 112 valence electrons. The monoisotopic (exact) mass is 297 g/mol. The molecule has 0 unspecified atom stereocenters. The Morgan fingerprint density at radius 3 is 2.73 bits per heavy atom. The van der Waals surface area contributed by atoms with Gasteiger partial charge in [0.1, 0.15) is 5.82 Å². The third kappa shape index (κ3) is 3.20. The van der Waals surface area contributed by atoms with E-state index in [9.17, 15) is 4.79 Å². The standard InChI is InChI=1S/C15H15N5O2/c21-15(22)9-8-14-18-17-13-7-6-12(19-20(13)14)16-10-11-4-2-1-3-5-11/h1-7H,8-10H2,(H,16,19)(H,21,22). The third-order valence-corrected chi connectivity index (χ3v) is 3.21. The first-order valence-electron chi connectivity index (χ1n) is 6.93. The van der Waals surface area contributed by atoms with Crippen LogP contribution in [0.1, 0.15) is 17.8 Å². The first kappa shape index (κ1) is 14.0. The number of carboxylic acids is 1. The average Bonchev–Trinajstić information content (AvgIpc) is 2.94. The van der Waals surface area contributed by atoms with Crippen LogP contribution < -0.4 is 5.32 Å². The summed E-state index contributed by atoms with van der Waals surface area (Å²) in [7, 11) is 0. The molecule has 0 aliphatic rings. The highest BCUT2D eigenvalue weighted by Crippen LogP contribution is 2.10. The molecule has 2 N–H and O–H groups in total. The van der Waals surface area contributed by atoms with Gasteiger partial charge in [0.05, 0.1) is 6.42 Å². The number of nitrogens with zero attached hydrogens (tertiary/aromatic N) is 4. The van der Waals surface area contributed by atoms with Crippen LogP contribution in [0.4, 0.5) is 5.82 Å². The number of carboxylic acid groups (broad SMARTS) is 1. The van der Waals surface area contributed by atoms with Crippen LogP contribution in [0.25, 0.3) is 5.65 Å². The van der Waals surface area contributed by atoms with E-state index in [1.807, 2.05) is 36.4 Å². The van der Waals surface area contributed by atoms with Gasteiger partial charge in [-0.25, -0.2) is 0 Å². The molecule has 3 rings (SSSR count). The smallest absolute Gasteiger partial charge is 0.303 e. The van der Waals surface area contributed by atoms with Crippen LogP contribution >= 0.6 is 0 Å². The Hall–Kier alpha value is -2.96. The largest absolute Gasteiger partial charge is 0.481 e. The molecule has 0 aliphatic heterocycles. The van der Waals surface area contributed by atoms with Gasteiger partial charge in [0, 0.05) is 13.0 Å². The molecule has 3 aromatic rings. The van der Waals surface area contributed by atoms with E-state index in [0.29, 0.717) is 30.3 Å². The molecule has 2 aromatic heterocycles. The number of nitrogens with one attached hydrogen (secondary N) is 1. The van der Waals surface area contributed by atoms with Gasteiger partial charge in [0.25, 0.3) is 0 Å². The second-order valence-corrected chi connectivity index (χ2v) is 4.84. The van der Waals surface area contributed by atoms with E-state index < -0.39 is 5.97 Å². The van der Waals surface area contributed by atoms with E-state index in [1.165, 1.54) is 0 Å². The molecule has 1 aromatic carbocycles. The van der Waals surface area contributed by atoms with Crippen LogP contribution in [0.2, 0.25) is 0 Å². The fourth-order valence-corrected chi connectivity index (χ4v) is 2.09. The quantitative estimate of drug-likeness (QED) is 0.720. The summed E-state index contributed by atoms with van der Waals surface area (Å²) in [6, 6.07) is 13.6. The Balaban J connectivity index is 1.76. The molecule has 0 radical (unpaired) electrons. The molecule has 2 heterocycles. The first-order chi connectivity index (χ1) is 10.7. The van der Waals surface area contributed by atoms with E-state index in [0.717, 1.165) is 5.56 Å². The number of aromatic nitrogens is 4. The summed E-state index contributed by atoms with van der Waals surface area (Å²) >= 11 is 0. The summed E-state index contributed by atoms with van der Waals surface area (Å²) in [4.78, 5) is 10.7. The predicted octanol–water partition coefficient (Wildman–Crippen LogP) is 1.75.